The predicted molar refractivity (Wildman–Crippen MR) is 124 cm³/mol. The number of nitrogens with one attached hydrogen (secondary N) is 2. The summed E-state index contributed by atoms with van der Waals surface area (Å²) in [4.78, 5) is 29.5. The van der Waals surface area contributed by atoms with Crippen molar-refractivity contribution in [2.75, 3.05) is 6.61 Å². The van der Waals surface area contributed by atoms with E-state index >= 15 is 0 Å². The summed E-state index contributed by atoms with van der Waals surface area (Å²) in [5, 5.41) is 5.87. The minimum Gasteiger partial charge on any atom is -0.484 e. The van der Waals surface area contributed by atoms with Crippen LogP contribution in [0.5, 0.6) is 5.75 Å². The Morgan fingerprint density at radius 3 is 2.47 bits per heavy atom. The lowest BCUT2D eigenvalue weighted by Gasteiger charge is -2.56. The van der Waals surface area contributed by atoms with Crippen molar-refractivity contribution < 1.29 is 31.9 Å². The Kier molecular flexibility index (Phi) is 7.19. The molecule has 194 valence electrons. The maximum absolute atomic E-state index is 13.6. The van der Waals surface area contributed by atoms with Crippen LogP contribution in [-0.4, -0.2) is 28.9 Å². The van der Waals surface area contributed by atoms with Crippen molar-refractivity contribution in [3.63, 3.8) is 0 Å². The molecule has 1 aromatic carbocycles. The summed E-state index contributed by atoms with van der Waals surface area (Å²) in [5.74, 6) is -0.935. The first-order valence-corrected chi connectivity index (χ1v) is 12.0. The molecule has 2 N–H and O–H groups in total. The summed E-state index contributed by atoms with van der Waals surface area (Å²) >= 11 is 5.65. The zero-order chi connectivity index (χ0) is 26.1. The number of carbonyl (C=O) groups is 2. The Bertz CT molecular complexity index is 1130. The molecule has 3 aliphatic rings. The van der Waals surface area contributed by atoms with Gasteiger partial charge in [0.05, 0.1) is 28.2 Å². The quantitative estimate of drug-likeness (QED) is 0.494. The summed E-state index contributed by atoms with van der Waals surface area (Å²) in [6.07, 6.45) is -0.716. The van der Waals surface area contributed by atoms with Crippen LogP contribution < -0.4 is 15.4 Å². The van der Waals surface area contributed by atoms with Crippen molar-refractivity contribution in [1.29, 1.82) is 0 Å². The summed E-state index contributed by atoms with van der Waals surface area (Å²) in [6.45, 7) is 1.74. The van der Waals surface area contributed by atoms with Gasteiger partial charge in [-0.15, -0.1) is 0 Å². The Balaban J connectivity index is 1.30. The fourth-order valence-electron chi connectivity index (χ4n) is 5.37. The Hall–Kier alpha value is -2.88. The van der Waals surface area contributed by atoms with Gasteiger partial charge >= 0.3 is 6.18 Å². The van der Waals surface area contributed by atoms with Gasteiger partial charge in [0.1, 0.15) is 11.6 Å². The van der Waals surface area contributed by atoms with Crippen molar-refractivity contribution in [1.82, 2.24) is 15.6 Å². The third-order valence-electron chi connectivity index (χ3n) is 7.44. The Morgan fingerprint density at radius 1 is 1.17 bits per heavy atom. The number of hydrogen-bond acceptors (Lipinski definition) is 4. The number of nitrogens with zero attached hydrogens (tertiary/aromatic N) is 1. The second kappa shape index (κ2) is 9.88. The molecule has 2 bridgehead atoms. The summed E-state index contributed by atoms with van der Waals surface area (Å²) in [6, 6.07) is 6.15. The number of aromatic nitrogens is 1. The van der Waals surface area contributed by atoms with Crippen LogP contribution in [0.4, 0.5) is 17.6 Å². The molecule has 3 saturated carbocycles. The van der Waals surface area contributed by atoms with E-state index in [-0.39, 0.29) is 41.7 Å². The van der Waals surface area contributed by atoms with E-state index in [1.54, 1.807) is 0 Å². The second-order valence-corrected chi connectivity index (χ2v) is 10.1. The van der Waals surface area contributed by atoms with Crippen LogP contribution in [0.25, 0.3) is 0 Å². The minimum atomic E-state index is -4.46. The minimum absolute atomic E-state index is 0.0212. The van der Waals surface area contributed by atoms with Gasteiger partial charge in [0.2, 0.25) is 5.91 Å². The molecular weight excluding hydrogens is 502 g/mol. The molecule has 1 heterocycles. The van der Waals surface area contributed by atoms with Gasteiger partial charge in [0, 0.05) is 17.8 Å². The highest BCUT2D eigenvalue weighted by molar-refractivity contribution is 6.30. The van der Waals surface area contributed by atoms with Gasteiger partial charge in [-0.3, -0.25) is 14.6 Å². The fraction of sp³-hybridized carbons (Fsp3) is 0.480. The van der Waals surface area contributed by atoms with E-state index < -0.39 is 28.5 Å². The molecule has 6 nitrogen and oxygen atoms in total. The third-order valence-corrected chi connectivity index (χ3v) is 7.75. The summed E-state index contributed by atoms with van der Waals surface area (Å²) in [5.41, 5.74) is -1.54. The van der Waals surface area contributed by atoms with Gasteiger partial charge in [-0.1, -0.05) is 18.5 Å². The van der Waals surface area contributed by atoms with E-state index in [0.29, 0.717) is 37.8 Å². The van der Waals surface area contributed by atoms with Crippen molar-refractivity contribution in [3.8, 4) is 5.75 Å². The van der Waals surface area contributed by atoms with Gasteiger partial charge in [-0.2, -0.15) is 13.2 Å². The van der Waals surface area contributed by atoms with Gasteiger partial charge in [-0.05, 0) is 62.3 Å². The molecule has 2 aromatic rings. The van der Waals surface area contributed by atoms with Gasteiger partial charge < -0.3 is 15.4 Å². The molecule has 0 aliphatic heterocycles. The number of ether oxygens (including phenoxy) is 1. The number of alkyl halides is 3. The first kappa shape index (κ1) is 26.2. The normalized spacial score (nSPS) is 25.3. The lowest BCUT2D eigenvalue weighted by molar-refractivity contribution is -0.146. The zero-order valence-electron chi connectivity index (χ0n) is 19.6. The molecule has 36 heavy (non-hydrogen) atoms. The molecule has 1 aromatic heterocycles. The number of amides is 2. The average molecular weight is 528 g/mol. The van der Waals surface area contributed by atoms with Crippen LogP contribution in [0.2, 0.25) is 5.02 Å². The number of fused-ring (bicyclic) bond motifs is 3. The van der Waals surface area contributed by atoms with Crippen LogP contribution >= 0.6 is 11.6 Å². The van der Waals surface area contributed by atoms with E-state index in [9.17, 15) is 27.2 Å². The first-order chi connectivity index (χ1) is 16.9. The SMILES string of the molecule is CC1CC2(NC(=O)COc3ccc(Cl)c(F)c3)CCC1(C(=O)NCc1ccc(C(F)(F)F)cn1)CC2. The number of halogens is 5. The fourth-order valence-corrected chi connectivity index (χ4v) is 5.49. The number of benzene rings is 1. The topological polar surface area (TPSA) is 80.3 Å². The number of hydrogen-bond donors (Lipinski definition) is 2. The van der Waals surface area contributed by atoms with E-state index in [1.807, 2.05) is 6.92 Å². The lowest BCUT2D eigenvalue weighted by Crippen LogP contribution is -2.63. The van der Waals surface area contributed by atoms with Crippen LogP contribution in [0, 0.1) is 17.2 Å². The molecule has 0 radical (unpaired) electrons. The second-order valence-electron chi connectivity index (χ2n) is 9.67. The van der Waals surface area contributed by atoms with Crippen molar-refractivity contribution in [2.45, 2.75) is 57.3 Å². The van der Waals surface area contributed by atoms with E-state index in [1.165, 1.54) is 18.2 Å². The van der Waals surface area contributed by atoms with Gasteiger partial charge in [0.25, 0.3) is 5.91 Å². The third kappa shape index (κ3) is 5.43. The molecule has 11 heteroatoms. The molecule has 2 amide bonds. The molecule has 1 atom stereocenters. The predicted octanol–water partition coefficient (Wildman–Crippen LogP) is 5.04. The molecule has 3 aliphatic carbocycles. The Morgan fingerprint density at radius 2 is 1.89 bits per heavy atom. The highest BCUT2D eigenvalue weighted by Crippen LogP contribution is 2.55. The number of pyridine rings is 1. The highest BCUT2D eigenvalue weighted by Gasteiger charge is 2.56. The van der Waals surface area contributed by atoms with Crippen LogP contribution in [0.1, 0.15) is 50.3 Å². The smallest absolute Gasteiger partial charge is 0.417 e. The van der Waals surface area contributed by atoms with Crippen molar-refractivity contribution in [3.05, 3.63) is 58.6 Å². The van der Waals surface area contributed by atoms with Crippen LogP contribution in [-0.2, 0) is 22.3 Å². The summed E-state index contributed by atoms with van der Waals surface area (Å²) < 4.78 is 57.1. The largest absolute Gasteiger partial charge is 0.484 e. The van der Waals surface area contributed by atoms with E-state index in [2.05, 4.69) is 15.6 Å². The molecule has 5 rings (SSSR count). The van der Waals surface area contributed by atoms with Crippen LogP contribution in [0.3, 0.4) is 0 Å². The maximum atomic E-state index is 13.6. The monoisotopic (exact) mass is 527 g/mol. The van der Waals surface area contributed by atoms with Crippen LogP contribution in [0.15, 0.2) is 36.5 Å². The average Bonchev–Trinajstić information content (AvgIpc) is 2.83. The number of rotatable bonds is 7. The molecular formula is C25H26ClF4N3O3. The molecule has 0 spiro atoms. The lowest BCUT2D eigenvalue weighted by atomic mass is 9.52. The van der Waals surface area contributed by atoms with E-state index in [4.69, 9.17) is 16.3 Å². The van der Waals surface area contributed by atoms with Gasteiger partial charge in [-0.25, -0.2) is 4.39 Å². The van der Waals surface area contributed by atoms with E-state index in [0.717, 1.165) is 18.3 Å². The number of carbonyl (C=O) groups excluding carboxylic acids is 2. The molecule has 0 saturated heterocycles. The standard InChI is InChI=1S/C25H26ClF4N3O3/c1-15-11-23(33-21(34)14-36-18-4-5-19(26)20(27)10-18)6-8-24(15,9-7-23)22(35)32-13-17-3-2-16(12-31-17)25(28,29)30/h2-5,10,12,15H,6-9,11,13-14H2,1H3,(H,32,35)(H,33,34). The highest BCUT2D eigenvalue weighted by atomic mass is 35.5. The van der Waals surface area contributed by atoms with Crippen molar-refractivity contribution >= 4 is 23.4 Å². The van der Waals surface area contributed by atoms with Gasteiger partial charge in [0.15, 0.2) is 6.61 Å². The van der Waals surface area contributed by atoms with Crippen molar-refractivity contribution in [2.24, 2.45) is 11.3 Å². The Labute approximate surface area is 210 Å². The first-order valence-electron chi connectivity index (χ1n) is 11.6. The molecule has 1 unspecified atom stereocenters. The molecule has 3 fully saturated rings. The maximum Gasteiger partial charge on any atom is 0.417 e. The zero-order valence-corrected chi connectivity index (χ0v) is 20.3. The summed E-state index contributed by atoms with van der Waals surface area (Å²) in [7, 11) is 0.